The molecule has 2 fully saturated rings. The Kier molecular flexibility index (Phi) is 3.55. The van der Waals surface area contributed by atoms with Gasteiger partial charge in [-0.1, -0.05) is 0 Å². The summed E-state index contributed by atoms with van der Waals surface area (Å²) in [5.74, 6) is -0.164. The molecular formula is C17H16FN3O3. The first-order chi connectivity index (χ1) is 11.6. The van der Waals surface area contributed by atoms with Crippen LogP contribution in [0.15, 0.2) is 34.9 Å². The van der Waals surface area contributed by atoms with Gasteiger partial charge >= 0.3 is 6.03 Å². The van der Waals surface area contributed by atoms with Gasteiger partial charge in [-0.2, -0.15) is 0 Å². The molecule has 1 aromatic carbocycles. The number of halogens is 1. The van der Waals surface area contributed by atoms with Crippen molar-refractivity contribution >= 4 is 11.9 Å². The minimum atomic E-state index is -0.338. The molecule has 3 amide bonds. The Bertz CT molecular complexity index is 763. The first-order valence-corrected chi connectivity index (χ1v) is 7.96. The van der Waals surface area contributed by atoms with Gasteiger partial charge < -0.3 is 9.32 Å². The highest BCUT2D eigenvalue weighted by Gasteiger charge is 2.45. The van der Waals surface area contributed by atoms with Gasteiger partial charge in [-0.05, 0) is 43.5 Å². The highest BCUT2D eigenvalue weighted by molar-refractivity contribution is 6.04. The number of piperidine rings is 1. The number of oxazole rings is 1. The van der Waals surface area contributed by atoms with Gasteiger partial charge in [0.1, 0.15) is 18.1 Å². The number of aromatic nitrogens is 1. The maximum Gasteiger partial charge on any atom is 0.327 e. The quantitative estimate of drug-likeness (QED) is 0.812. The van der Waals surface area contributed by atoms with Crippen LogP contribution >= 0.6 is 0 Å². The van der Waals surface area contributed by atoms with Crippen LogP contribution in [0.25, 0.3) is 11.5 Å². The number of urea groups is 1. The minimum absolute atomic E-state index is 0.0926. The van der Waals surface area contributed by atoms with Gasteiger partial charge in [-0.25, -0.2) is 14.2 Å². The molecule has 4 rings (SSSR count). The third-order valence-electron chi connectivity index (χ3n) is 4.49. The van der Waals surface area contributed by atoms with Crippen molar-refractivity contribution in [1.29, 1.82) is 0 Å². The molecular weight excluding hydrogens is 313 g/mol. The molecule has 1 unspecified atom stereocenters. The molecule has 0 radical (unpaired) electrons. The largest absolute Gasteiger partial charge is 0.444 e. The Labute approximate surface area is 137 Å². The lowest BCUT2D eigenvalue weighted by molar-refractivity contribution is -0.129. The van der Waals surface area contributed by atoms with Crippen molar-refractivity contribution in [3.8, 4) is 11.5 Å². The summed E-state index contributed by atoms with van der Waals surface area (Å²) in [6, 6.07) is 5.20. The Morgan fingerprint density at radius 2 is 2.00 bits per heavy atom. The van der Waals surface area contributed by atoms with E-state index in [9.17, 15) is 14.0 Å². The monoisotopic (exact) mass is 329 g/mol. The van der Waals surface area contributed by atoms with Gasteiger partial charge in [0.25, 0.3) is 5.91 Å². The summed E-state index contributed by atoms with van der Waals surface area (Å²) in [6.07, 6.45) is 4.05. The molecule has 24 heavy (non-hydrogen) atoms. The molecule has 124 valence electrons. The molecule has 0 saturated carbocycles. The lowest BCUT2D eigenvalue weighted by Crippen LogP contribution is -2.38. The molecule has 0 aliphatic carbocycles. The Hall–Kier alpha value is -2.70. The molecule has 1 aromatic heterocycles. The Morgan fingerprint density at radius 3 is 2.75 bits per heavy atom. The molecule has 1 atom stereocenters. The summed E-state index contributed by atoms with van der Waals surface area (Å²) >= 11 is 0. The van der Waals surface area contributed by atoms with Gasteiger partial charge in [0.15, 0.2) is 0 Å². The zero-order chi connectivity index (χ0) is 16.7. The van der Waals surface area contributed by atoms with Crippen LogP contribution in [0.1, 0.15) is 25.0 Å². The first kappa shape index (κ1) is 14.9. The van der Waals surface area contributed by atoms with Gasteiger partial charge in [-0.15, -0.1) is 0 Å². The van der Waals surface area contributed by atoms with Crippen LogP contribution in [0.4, 0.5) is 9.18 Å². The fourth-order valence-electron chi connectivity index (χ4n) is 3.26. The van der Waals surface area contributed by atoms with E-state index in [0.717, 1.165) is 19.3 Å². The number of hydrogen-bond acceptors (Lipinski definition) is 4. The smallest absolute Gasteiger partial charge is 0.327 e. The molecule has 0 bridgehead atoms. The second kappa shape index (κ2) is 5.74. The zero-order valence-electron chi connectivity index (χ0n) is 12.9. The van der Waals surface area contributed by atoms with Crippen molar-refractivity contribution in [2.24, 2.45) is 0 Å². The number of nitrogens with zero attached hydrogens (tertiary/aromatic N) is 3. The number of imide groups is 1. The van der Waals surface area contributed by atoms with Crippen LogP contribution in [0.2, 0.25) is 0 Å². The second-order valence-corrected chi connectivity index (χ2v) is 6.06. The van der Waals surface area contributed by atoms with Crippen LogP contribution in [-0.2, 0) is 11.3 Å². The highest BCUT2D eigenvalue weighted by Crippen LogP contribution is 2.28. The predicted octanol–water partition coefficient (Wildman–Crippen LogP) is 2.80. The molecule has 2 aliphatic rings. The third-order valence-corrected chi connectivity index (χ3v) is 4.49. The average Bonchev–Trinajstić information content (AvgIpc) is 3.16. The Balaban J connectivity index is 1.52. The second-order valence-electron chi connectivity index (χ2n) is 6.06. The summed E-state index contributed by atoms with van der Waals surface area (Å²) in [7, 11) is 0. The van der Waals surface area contributed by atoms with Crippen molar-refractivity contribution in [2.45, 2.75) is 31.8 Å². The number of amides is 3. The van der Waals surface area contributed by atoms with E-state index in [1.54, 1.807) is 17.0 Å². The Morgan fingerprint density at radius 1 is 1.21 bits per heavy atom. The normalized spacial score (nSPS) is 20.6. The van der Waals surface area contributed by atoms with Gasteiger partial charge in [0, 0.05) is 12.1 Å². The zero-order valence-corrected chi connectivity index (χ0v) is 12.9. The fraction of sp³-hybridized carbons (Fsp3) is 0.353. The van der Waals surface area contributed by atoms with Gasteiger partial charge in [0.05, 0.1) is 12.2 Å². The molecule has 0 N–H and O–H groups in total. The summed E-state index contributed by atoms with van der Waals surface area (Å²) in [6.45, 7) is 0.723. The van der Waals surface area contributed by atoms with E-state index in [4.69, 9.17) is 4.42 Å². The molecule has 6 nitrogen and oxygen atoms in total. The van der Waals surface area contributed by atoms with Gasteiger partial charge in [-0.3, -0.25) is 9.69 Å². The highest BCUT2D eigenvalue weighted by atomic mass is 19.1. The molecule has 2 saturated heterocycles. The van der Waals surface area contributed by atoms with Crippen LogP contribution < -0.4 is 0 Å². The summed E-state index contributed by atoms with van der Waals surface area (Å²) in [5.41, 5.74) is 1.13. The molecule has 2 aliphatic heterocycles. The van der Waals surface area contributed by atoms with Crippen molar-refractivity contribution in [3.63, 3.8) is 0 Å². The summed E-state index contributed by atoms with van der Waals surface area (Å²) < 4.78 is 18.4. The number of carbonyl (C=O) groups is 2. The third kappa shape index (κ3) is 2.46. The van der Waals surface area contributed by atoms with Crippen molar-refractivity contribution in [2.75, 3.05) is 6.54 Å². The van der Waals surface area contributed by atoms with Crippen molar-refractivity contribution in [3.05, 3.63) is 42.0 Å². The predicted molar refractivity (Wildman–Crippen MR) is 82.2 cm³/mol. The number of carbonyl (C=O) groups excluding carboxylic acids is 2. The van der Waals surface area contributed by atoms with E-state index < -0.39 is 0 Å². The number of hydrogen-bond donors (Lipinski definition) is 0. The standard InChI is InChI=1S/C17H16FN3O3/c18-12-6-4-11(5-7-12)15-19-13(10-24-15)9-21-16(22)14-3-1-2-8-20(14)17(21)23/h4-7,10,14H,1-3,8-9H2. The van der Waals surface area contributed by atoms with E-state index in [-0.39, 0.29) is 30.3 Å². The maximum absolute atomic E-state index is 13.0. The van der Waals surface area contributed by atoms with Crippen LogP contribution in [0, 0.1) is 5.82 Å². The molecule has 0 spiro atoms. The van der Waals surface area contributed by atoms with Crippen molar-refractivity contribution in [1.82, 2.24) is 14.8 Å². The number of benzene rings is 1. The van der Waals surface area contributed by atoms with Crippen molar-refractivity contribution < 1.29 is 18.4 Å². The van der Waals surface area contributed by atoms with Crippen LogP contribution in [-0.4, -0.2) is 39.3 Å². The average molecular weight is 329 g/mol. The van der Waals surface area contributed by atoms with E-state index in [1.165, 1.54) is 23.3 Å². The lowest BCUT2D eigenvalue weighted by Gasteiger charge is -2.25. The lowest BCUT2D eigenvalue weighted by atomic mass is 10.0. The minimum Gasteiger partial charge on any atom is -0.444 e. The summed E-state index contributed by atoms with van der Waals surface area (Å²) in [4.78, 5) is 32.0. The number of rotatable bonds is 3. The van der Waals surface area contributed by atoms with Crippen LogP contribution in [0.3, 0.4) is 0 Å². The number of fused-ring (bicyclic) bond motifs is 1. The topological polar surface area (TPSA) is 66.7 Å². The molecule has 3 heterocycles. The van der Waals surface area contributed by atoms with E-state index in [0.29, 0.717) is 23.7 Å². The summed E-state index contributed by atoms with van der Waals surface area (Å²) in [5, 5.41) is 0. The SMILES string of the molecule is O=C1C2CCCCN2C(=O)N1Cc1coc(-c2ccc(F)cc2)n1. The van der Waals surface area contributed by atoms with E-state index in [1.807, 2.05) is 0 Å². The molecule has 7 heteroatoms. The maximum atomic E-state index is 13.0. The van der Waals surface area contributed by atoms with E-state index >= 15 is 0 Å². The fourth-order valence-corrected chi connectivity index (χ4v) is 3.26. The molecule has 2 aromatic rings. The van der Waals surface area contributed by atoms with Gasteiger partial charge in [0.2, 0.25) is 5.89 Å². The first-order valence-electron chi connectivity index (χ1n) is 7.96. The van der Waals surface area contributed by atoms with Crippen LogP contribution in [0.5, 0.6) is 0 Å². The van der Waals surface area contributed by atoms with E-state index in [2.05, 4.69) is 4.98 Å².